The lowest BCUT2D eigenvalue weighted by Crippen LogP contribution is -2.30. The SMILES string of the molecule is CCOc1ccc(S(=O)(=O)Nc2cccc(C(=O)OC(C)C(=O)Nc3ccc(C)cc3)c2)cc1. The third-order valence-electron chi connectivity index (χ3n) is 4.77. The molecule has 8 nitrogen and oxygen atoms in total. The van der Waals surface area contributed by atoms with Crippen molar-refractivity contribution in [2.24, 2.45) is 0 Å². The molecule has 0 aliphatic rings. The summed E-state index contributed by atoms with van der Waals surface area (Å²) in [6.07, 6.45) is -1.06. The van der Waals surface area contributed by atoms with E-state index in [0.29, 0.717) is 18.0 Å². The van der Waals surface area contributed by atoms with Crippen molar-refractivity contribution >= 4 is 33.3 Å². The van der Waals surface area contributed by atoms with Gasteiger partial charge in [0, 0.05) is 11.4 Å². The van der Waals surface area contributed by atoms with Gasteiger partial charge in [0.25, 0.3) is 15.9 Å². The van der Waals surface area contributed by atoms with Gasteiger partial charge in [-0.25, -0.2) is 13.2 Å². The van der Waals surface area contributed by atoms with Crippen LogP contribution in [0, 0.1) is 6.92 Å². The molecule has 1 atom stereocenters. The third kappa shape index (κ3) is 6.58. The van der Waals surface area contributed by atoms with E-state index < -0.39 is 28.0 Å². The maximum Gasteiger partial charge on any atom is 0.338 e. The molecule has 34 heavy (non-hydrogen) atoms. The highest BCUT2D eigenvalue weighted by molar-refractivity contribution is 7.92. The third-order valence-corrected chi connectivity index (χ3v) is 6.16. The number of sulfonamides is 1. The van der Waals surface area contributed by atoms with Crippen LogP contribution in [0.1, 0.15) is 29.8 Å². The summed E-state index contributed by atoms with van der Waals surface area (Å²) in [5.74, 6) is -0.676. The minimum absolute atomic E-state index is 0.0466. The van der Waals surface area contributed by atoms with Crippen LogP contribution in [0.3, 0.4) is 0 Å². The van der Waals surface area contributed by atoms with Crippen LogP contribution in [0.4, 0.5) is 11.4 Å². The van der Waals surface area contributed by atoms with Crippen LogP contribution in [0.2, 0.25) is 0 Å². The van der Waals surface area contributed by atoms with Crippen molar-refractivity contribution in [3.8, 4) is 5.75 Å². The van der Waals surface area contributed by atoms with Gasteiger partial charge in [-0.2, -0.15) is 0 Å². The van der Waals surface area contributed by atoms with E-state index in [1.807, 2.05) is 26.0 Å². The van der Waals surface area contributed by atoms with Gasteiger partial charge in [0.2, 0.25) is 0 Å². The van der Waals surface area contributed by atoms with Crippen molar-refractivity contribution in [2.45, 2.75) is 31.8 Å². The summed E-state index contributed by atoms with van der Waals surface area (Å²) in [6.45, 7) is 5.70. The Morgan fingerprint density at radius 3 is 2.26 bits per heavy atom. The average molecular weight is 483 g/mol. The van der Waals surface area contributed by atoms with Crippen LogP contribution in [-0.4, -0.2) is 33.0 Å². The van der Waals surface area contributed by atoms with Crippen molar-refractivity contribution in [1.29, 1.82) is 0 Å². The molecule has 0 bridgehead atoms. The monoisotopic (exact) mass is 482 g/mol. The molecule has 3 aromatic carbocycles. The Morgan fingerprint density at radius 1 is 0.941 bits per heavy atom. The summed E-state index contributed by atoms with van der Waals surface area (Å²) in [6, 6.07) is 19.0. The molecular weight excluding hydrogens is 456 g/mol. The van der Waals surface area contributed by atoms with Gasteiger partial charge >= 0.3 is 5.97 Å². The molecule has 3 aromatic rings. The number of benzene rings is 3. The Labute approximate surface area is 199 Å². The van der Waals surface area contributed by atoms with E-state index in [0.717, 1.165) is 5.56 Å². The van der Waals surface area contributed by atoms with Gasteiger partial charge in [0.05, 0.1) is 17.1 Å². The predicted octanol–water partition coefficient (Wildman–Crippen LogP) is 4.38. The van der Waals surface area contributed by atoms with Crippen LogP contribution in [0.25, 0.3) is 0 Å². The van der Waals surface area contributed by atoms with Crippen molar-refractivity contribution in [3.63, 3.8) is 0 Å². The average Bonchev–Trinajstić information content (AvgIpc) is 2.81. The first-order valence-corrected chi connectivity index (χ1v) is 12.1. The molecule has 1 unspecified atom stereocenters. The summed E-state index contributed by atoms with van der Waals surface area (Å²) in [4.78, 5) is 24.9. The van der Waals surface area contributed by atoms with E-state index in [9.17, 15) is 18.0 Å². The fraction of sp³-hybridized carbons (Fsp3) is 0.200. The highest BCUT2D eigenvalue weighted by Gasteiger charge is 2.20. The van der Waals surface area contributed by atoms with Crippen LogP contribution >= 0.6 is 0 Å². The molecule has 0 radical (unpaired) electrons. The van der Waals surface area contributed by atoms with E-state index >= 15 is 0 Å². The molecule has 0 saturated heterocycles. The van der Waals surface area contributed by atoms with Crippen LogP contribution < -0.4 is 14.8 Å². The van der Waals surface area contributed by atoms with Gasteiger partial charge in [0.1, 0.15) is 5.75 Å². The molecule has 0 aromatic heterocycles. The number of esters is 1. The number of ether oxygens (including phenoxy) is 2. The molecule has 2 N–H and O–H groups in total. The number of carbonyl (C=O) groups is 2. The molecule has 0 saturated carbocycles. The molecule has 178 valence electrons. The Bertz CT molecular complexity index is 1260. The first-order valence-electron chi connectivity index (χ1n) is 10.6. The Balaban J connectivity index is 1.65. The van der Waals surface area contributed by atoms with Crippen LogP contribution in [0.5, 0.6) is 5.75 Å². The fourth-order valence-electron chi connectivity index (χ4n) is 2.97. The van der Waals surface area contributed by atoms with Gasteiger partial charge in [0.15, 0.2) is 6.10 Å². The predicted molar refractivity (Wildman–Crippen MR) is 130 cm³/mol. The minimum atomic E-state index is -3.88. The van der Waals surface area contributed by atoms with Crippen molar-refractivity contribution < 1.29 is 27.5 Å². The number of carbonyl (C=O) groups excluding carboxylic acids is 2. The van der Waals surface area contributed by atoms with E-state index in [1.165, 1.54) is 43.3 Å². The van der Waals surface area contributed by atoms with E-state index in [4.69, 9.17) is 9.47 Å². The topological polar surface area (TPSA) is 111 Å². The number of aryl methyl sites for hydroxylation is 1. The van der Waals surface area contributed by atoms with Crippen molar-refractivity contribution in [1.82, 2.24) is 0 Å². The first kappa shape index (κ1) is 24.8. The normalized spacial score (nSPS) is 11.9. The summed E-state index contributed by atoms with van der Waals surface area (Å²) >= 11 is 0. The Hall–Kier alpha value is -3.85. The maximum absolute atomic E-state index is 12.7. The highest BCUT2D eigenvalue weighted by Crippen LogP contribution is 2.21. The van der Waals surface area contributed by atoms with E-state index in [2.05, 4.69) is 10.0 Å². The van der Waals surface area contributed by atoms with E-state index in [-0.39, 0.29) is 16.1 Å². The lowest BCUT2D eigenvalue weighted by atomic mass is 10.2. The standard InChI is InChI=1S/C25H26N2O6S/c1-4-32-22-12-14-23(15-13-22)34(30,31)27-21-7-5-6-19(16-21)25(29)33-18(3)24(28)26-20-10-8-17(2)9-11-20/h5-16,18,27H,4H2,1-3H3,(H,26,28). The minimum Gasteiger partial charge on any atom is -0.494 e. The summed E-state index contributed by atoms with van der Waals surface area (Å²) < 4.78 is 38.4. The number of anilines is 2. The number of nitrogens with one attached hydrogen (secondary N) is 2. The van der Waals surface area contributed by atoms with Gasteiger partial charge in [-0.05, 0) is 75.4 Å². The number of hydrogen-bond donors (Lipinski definition) is 2. The summed E-state index contributed by atoms with van der Waals surface area (Å²) in [7, 11) is -3.88. The van der Waals surface area contributed by atoms with Crippen LogP contribution in [-0.2, 0) is 19.6 Å². The fourth-order valence-corrected chi connectivity index (χ4v) is 4.02. The number of hydrogen-bond acceptors (Lipinski definition) is 6. The second-order valence-corrected chi connectivity index (χ2v) is 9.18. The molecule has 0 fully saturated rings. The highest BCUT2D eigenvalue weighted by atomic mass is 32.2. The van der Waals surface area contributed by atoms with Crippen molar-refractivity contribution in [2.75, 3.05) is 16.6 Å². The van der Waals surface area contributed by atoms with Gasteiger partial charge < -0.3 is 14.8 Å². The zero-order valence-corrected chi connectivity index (χ0v) is 19.9. The van der Waals surface area contributed by atoms with E-state index in [1.54, 1.807) is 24.3 Å². The Kier molecular flexibility index (Phi) is 7.91. The molecule has 9 heteroatoms. The maximum atomic E-state index is 12.7. The molecule has 1 amide bonds. The second-order valence-electron chi connectivity index (χ2n) is 7.49. The first-order chi connectivity index (χ1) is 16.2. The molecule has 0 heterocycles. The number of amides is 1. The number of rotatable bonds is 9. The van der Waals surface area contributed by atoms with Gasteiger partial charge in [-0.15, -0.1) is 0 Å². The Morgan fingerprint density at radius 2 is 1.62 bits per heavy atom. The molecule has 0 aliphatic carbocycles. The quantitative estimate of drug-likeness (QED) is 0.438. The smallest absolute Gasteiger partial charge is 0.338 e. The van der Waals surface area contributed by atoms with Gasteiger partial charge in [-0.1, -0.05) is 23.8 Å². The molecule has 3 rings (SSSR count). The van der Waals surface area contributed by atoms with Crippen LogP contribution in [0.15, 0.2) is 77.7 Å². The zero-order chi connectivity index (χ0) is 24.7. The molecule has 0 aliphatic heterocycles. The summed E-state index contributed by atoms with van der Waals surface area (Å²) in [5, 5.41) is 2.68. The molecule has 0 spiro atoms. The lowest BCUT2D eigenvalue weighted by molar-refractivity contribution is -0.123. The second kappa shape index (κ2) is 10.8. The van der Waals surface area contributed by atoms with Gasteiger partial charge in [-0.3, -0.25) is 9.52 Å². The van der Waals surface area contributed by atoms with Crippen molar-refractivity contribution in [3.05, 3.63) is 83.9 Å². The zero-order valence-electron chi connectivity index (χ0n) is 19.1. The summed E-state index contributed by atoms with van der Waals surface area (Å²) in [5.41, 5.74) is 1.92. The largest absolute Gasteiger partial charge is 0.494 e. The molecular formula is C25H26N2O6S. The lowest BCUT2D eigenvalue weighted by Gasteiger charge is -2.14.